The molecule has 0 fully saturated rings. The monoisotopic (exact) mass is 313 g/mol. The molecule has 1 aromatic carbocycles. The third-order valence-electron chi connectivity index (χ3n) is 2.52. The highest BCUT2D eigenvalue weighted by Gasteiger charge is 2.09. The Morgan fingerprint density at radius 2 is 2.20 bits per heavy atom. The summed E-state index contributed by atoms with van der Waals surface area (Å²) in [5.41, 5.74) is 2.46. The molecule has 78 valence electrons. The van der Waals surface area contributed by atoms with Gasteiger partial charge in [0.15, 0.2) is 0 Å². The van der Waals surface area contributed by atoms with Crippen molar-refractivity contribution in [2.45, 2.75) is 13.3 Å². The molecule has 1 aromatic heterocycles. The van der Waals surface area contributed by atoms with Gasteiger partial charge in [0.2, 0.25) is 0 Å². The summed E-state index contributed by atoms with van der Waals surface area (Å²) in [7, 11) is 0. The topological polar surface area (TPSA) is 22.0 Å². The zero-order chi connectivity index (χ0) is 10.8. The highest BCUT2D eigenvalue weighted by molar-refractivity contribution is 14.1. The highest BCUT2D eigenvalue weighted by atomic mass is 127. The molecule has 0 radical (unpaired) electrons. The van der Waals surface area contributed by atoms with Crippen molar-refractivity contribution in [3.63, 3.8) is 0 Å². The molecule has 15 heavy (non-hydrogen) atoms. The summed E-state index contributed by atoms with van der Waals surface area (Å²) in [6.07, 6.45) is 3.94. The largest absolute Gasteiger partial charge is 0.303 e. The van der Waals surface area contributed by atoms with Crippen molar-refractivity contribution in [2.24, 2.45) is 5.92 Å². The maximum absolute atomic E-state index is 10.6. The van der Waals surface area contributed by atoms with E-state index in [9.17, 15) is 4.79 Å². The molecular formula is C12H12INO. The number of halogens is 1. The van der Waals surface area contributed by atoms with E-state index in [-0.39, 0.29) is 5.92 Å². The van der Waals surface area contributed by atoms with Crippen LogP contribution in [0.15, 0.2) is 30.5 Å². The summed E-state index contributed by atoms with van der Waals surface area (Å²) >= 11 is 2.27. The van der Waals surface area contributed by atoms with Gasteiger partial charge in [0, 0.05) is 17.5 Å². The van der Waals surface area contributed by atoms with Crippen LogP contribution in [0.1, 0.15) is 12.5 Å². The Kier molecular flexibility index (Phi) is 3.09. The third kappa shape index (κ3) is 2.07. The van der Waals surface area contributed by atoms with E-state index in [1.165, 1.54) is 16.5 Å². The van der Waals surface area contributed by atoms with Crippen LogP contribution in [0.4, 0.5) is 0 Å². The normalized spacial score (nSPS) is 12.9. The minimum absolute atomic E-state index is 0.0900. The van der Waals surface area contributed by atoms with Crippen molar-refractivity contribution < 1.29 is 4.79 Å². The molecule has 1 heterocycles. The number of rotatable bonds is 3. The van der Waals surface area contributed by atoms with Crippen molar-refractivity contribution >= 4 is 40.1 Å². The van der Waals surface area contributed by atoms with E-state index >= 15 is 0 Å². The number of aromatic nitrogens is 1. The number of hydrogen-bond donors (Lipinski definition) is 0. The quantitative estimate of drug-likeness (QED) is 0.630. The zero-order valence-electron chi connectivity index (χ0n) is 8.48. The van der Waals surface area contributed by atoms with Crippen molar-refractivity contribution in [3.05, 3.63) is 36.0 Å². The number of hydrogen-bond acceptors (Lipinski definition) is 1. The number of carbonyl (C=O) groups is 1. The molecule has 0 aliphatic rings. The van der Waals surface area contributed by atoms with Gasteiger partial charge in [-0.1, -0.05) is 25.1 Å². The van der Waals surface area contributed by atoms with Gasteiger partial charge < -0.3 is 4.79 Å². The van der Waals surface area contributed by atoms with Gasteiger partial charge in [-0.05, 0) is 18.1 Å². The van der Waals surface area contributed by atoms with E-state index in [2.05, 4.69) is 44.0 Å². The number of carbonyl (C=O) groups excluding carboxylic acids is 1. The SMILES string of the molecule is CC(C=O)Cc1cn(I)c2ccccc12. The number of fused-ring (bicyclic) bond motifs is 1. The summed E-state index contributed by atoms with van der Waals surface area (Å²) < 4.78 is 2.08. The van der Waals surface area contributed by atoms with Crippen LogP contribution in [-0.4, -0.2) is 9.07 Å². The van der Waals surface area contributed by atoms with Gasteiger partial charge in [-0.15, -0.1) is 0 Å². The van der Waals surface area contributed by atoms with E-state index in [0.29, 0.717) is 0 Å². The van der Waals surface area contributed by atoms with E-state index in [1.807, 2.05) is 19.1 Å². The number of benzene rings is 1. The first-order valence-corrected chi connectivity index (χ1v) is 5.89. The second-order valence-electron chi connectivity index (χ2n) is 3.80. The lowest BCUT2D eigenvalue weighted by atomic mass is 10.0. The molecule has 0 bridgehead atoms. The average molecular weight is 313 g/mol. The van der Waals surface area contributed by atoms with Gasteiger partial charge in [0.25, 0.3) is 0 Å². The van der Waals surface area contributed by atoms with Crippen molar-refractivity contribution in [1.82, 2.24) is 2.78 Å². The van der Waals surface area contributed by atoms with Gasteiger partial charge in [-0.25, -0.2) is 0 Å². The van der Waals surface area contributed by atoms with Crippen molar-refractivity contribution in [2.75, 3.05) is 0 Å². The molecule has 2 rings (SSSR count). The summed E-state index contributed by atoms with van der Waals surface area (Å²) in [6, 6.07) is 8.27. The molecule has 2 nitrogen and oxygen atoms in total. The average Bonchev–Trinajstić information content (AvgIpc) is 2.57. The molecule has 1 atom stereocenters. The van der Waals surface area contributed by atoms with Crippen LogP contribution in [0.5, 0.6) is 0 Å². The standard InChI is InChI=1S/C12H12INO/c1-9(8-15)6-10-7-14(13)12-5-3-2-4-11(10)12/h2-5,7-9H,6H2,1H3. The Morgan fingerprint density at radius 3 is 2.93 bits per heavy atom. The Hall–Kier alpha value is -0.840. The van der Waals surface area contributed by atoms with E-state index in [0.717, 1.165) is 12.7 Å². The molecule has 0 aliphatic carbocycles. The van der Waals surface area contributed by atoms with Crippen molar-refractivity contribution in [1.29, 1.82) is 0 Å². The van der Waals surface area contributed by atoms with Crippen molar-refractivity contribution in [3.8, 4) is 0 Å². The lowest BCUT2D eigenvalue weighted by Crippen LogP contribution is -1.99. The van der Waals surface area contributed by atoms with Gasteiger partial charge in [-0.2, -0.15) is 0 Å². The Morgan fingerprint density at radius 1 is 1.47 bits per heavy atom. The molecule has 0 saturated heterocycles. The van der Waals surface area contributed by atoms with E-state index in [1.54, 1.807) is 0 Å². The summed E-state index contributed by atoms with van der Waals surface area (Å²) in [5.74, 6) is 0.0900. The number of nitrogens with zero attached hydrogens (tertiary/aromatic N) is 1. The second-order valence-corrected chi connectivity index (χ2v) is 4.84. The minimum Gasteiger partial charge on any atom is -0.303 e. The summed E-state index contributed by atoms with van der Waals surface area (Å²) in [5, 5.41) is 1.25. The third-order valence-corrected chi connectivity index (χ3v) is 3.32. The van der Waals surface area contributed by atoms with Gasteiger partial charge >= 0.3 is 0 Å². The summed E-state index contributed by atoms with van der Waals surface area (Å²) in [4.78, 5) is 10.6. The fraction of sp³-hybridized carbons (Fsp3) is 0.250. The minimum atomic E-state index is 0.0900. The van der Waals surface area contributed by atoms with Gasteiger partial charge in [-0.3, -0.25) is 2.78 Å². The van der Waals surface area contributed by atoms with Crippen LogP contribution in [0.25, 0.3) is 10.9 Å². The maximum Gasteiger partial charge on any atom is 0.123 e. The first-order chi connectivity index (χ1) is 7.22. The second kappa shape index (κ2) is 4.35. The predicted octanol–water partition coefficient (Wildman–Crippen LogP) is 3.22. The molecule has 3 heteroatoms. The number of aldehydes is 1. The fourth-order valence-electron chi connectivity index (χ4n) is 1.77. The number of para-hydroxylation sites is 1. The highest BCUT2D eigenvalue weighted by Crippen LogP contribution is 2.24. The Labute approximate surface area is 103 Å². The van der Waals surface area contributed by atoms with Gasteiger partial charge in [0.1, 0.15) is 6.29 Å². The van der Waals surface area contributed by atoms with Crippen LogP contribution in [0.3, 0.4) is 0 Å². The van der Waals surface area contributed by atoms with Crippen LogP contribution in [0, 0.1) is 5.92 Å². The first-order valence-electron chi connectivity index (χ1n) is 4.93. The zero-order valence-corrected chi connectivity index (χ0v) is 10.6. The van der Waals surface area contributed by atoms with E-state index < -0.39 is 0 Å². The first kappa shape index (κ1) is 10.7. The van der Waals surface area contributed by atoms with E-state index in [4.69, 9.17) is 0 Å². The molecular weight excluding hydrogens is 301 g/mol. The Bertz CT molecular complexity index is 489. The Balaban J connectivity index is 2.47. The van der Waals surface area contributed by atoms with Crippen LogP contribution < -0.4 is 0 Å². The molecule has 1 unspecified atom stereocenters. The fourth-order valence-corrected chi connectivity index (χ4v) is 2.52. The molecule has 0 N–H and O–H groups in total. The van der Waals surface area contributed by atoms with Crippen LogP contribution in [-0.2, 0) is 11.2 Å². The molecule has 2 aromatic rings. The lowest BCUT2D eigenvalue weighted by molar-refractivity contribution is -0.110. The van der Waals surface area contributed by atoms with Crippen LogP contribution in [0.2, 0.25) is 0 Å². The lowest BCUT2D eigenvalue weighted by Gasteiger charge is -2.00. The maximum atomic E-state index is 10.6. The smallest absolute Gasteiger partial charge is 0.123 e. The molecule has 0 amide bonds. The molecule has 0 saturated carbocycles. The molecule has 0 spiro atoms. The predicted molar refractivity (Wildman–Crippen MR) is 70.3 cm³/mol. The molecule has 0 aliphatic heterocycles. The van der Waals surface area contributed by atoms with Gasteiger partial charge in [0.05, 0.1) is 28.4 Å². The summed E-state index contributed by atoms with van der Waals surface area (Å²) in [6.45, 7) is 1.95. The van der Waals surface area contributed by atoms with Crippen LogP contribution >= 0.6 is 22.9 Å².